The number of nitrogens with zero attached hydrogens (tertiary/aromatic N) is 1. The van der Waals surface area contributed by atoms with E-state index >= 15 is 0 Å². The molecule has 0 aliphatic rings. The third-order valence-electron chi connectivity index (χ3n) is 2.81. The molecule has 1 aromatic heterocycles. The first-order chi connectivity index (χ1) is 9.19. The maximum atomic E-state index is 5.73. The van der Waals surface area contributed by atoms with E-state index < -0.39 is 0 Å². The van der Waals surface area contributed by atoms with Crippen LogP contribution in [0.4, 0.5) is 5.69 Å². The Morgan fingerprint density at radius 1 is 1.42 bits per heavy atom. The highest BCUT2D eigenvalue weighted by molar-refractivity contribution is 7.09. The first kappa shape index (κ1) is 13.8. The van der Waals surface area contributed by atoms with Crippen molar-refractivity contribution in [1.29, 1.82) is 0 Å². The Morgan fingerprint density at radius 3 is 2.95 bits per heavy atom. The van der Waals surface area contributed by atoms with Crippen molar-refractivity contribution < 1.29 is 4.74 Å². The lowest BCUT2D eigenvalue weighted by atomic mass is 10.2. The molecule has 1 heterocycles. The summed E-state index contributed by atoms with van der Waals surface area (Å²) >= 11 is 1.71. The molecular formula is C14H19N3OS. The van der Waals surface area contributed by atoms with E-state index in [1.807, 2.05) is 25.1 Å². The number of ether oxygens (including phenoxy) is 1. The number of aryl methyl sites for hydroxylation is 1. The third-order valence-corrected chi connectivity index (χ3v) is 3.84. The molecule has 0 aliphatic heterocycles. The molecule has 0 aliphatic carbocycles. The number of benzene rings is 1. The zero-order valence-electron chi connectivity index (χ0n) is 11.3. The van der Waals surface area contributed by atoms with Crippen LogP contribution in [0.15, 0.2) is 23.6 Å². The van der Waals surface area contributed by atoms with E-state index in [-0.39, 0.29) is 0 Å². The fourth-order valence-corrected chi connectivity index (χ4v) is 2.62. The Balaban J connectivity index is 1.82. The van der Waals surface area contributed by atoms with Crippen molar-refractivity contribution >= 4 is 17.0 Å². The van der Waals surface area contributed by atoms with Gasteiger partial charge in [0, 0.05) is 47.9 Å². The number of anilines is 1. The SMILES string of the molecule is COc1cc(N)ccc1CNCCc1nc(C)cs1. The molecule has 4 nitrogen and oxygen atoms in total. The highest BCUT2D eigenvalue weighted by atomic mass is 32.1. The average Bonchev–Trinajstić information content (AvgIpc) is 2.81. The number of methoxy groups -OCH3 is 1. The van der Waals surface area contributed by atoms with E-state index in [2.05, 4.69) is 15.7 Å². The summed E-state index contributed by atoms with van der Waals surface area (Å²) in [5, 5.41) is 6.66. The number of rotatable bonds is 6. The lowest BCUT2D eigenvalue weighted by molar-refractivity contribution is 0.408. The number of nitrogens with two attached hydrogens (primary N) is 1. The largest absolute Gasteiger partial charge is 0.496 e. The monoisotopic (exact) mass is 277 g/mol. The Morgan fingerprint density at radius 2 is 2.26 bits per heavy atom. The second-order valence-electron chi connectivity index (χ2n) is 4.38. The van der Waals surface area contributed by atoms with E-state index in [1.165, 1.54) is 5.01 Å². The van der Waals surface area contributed by atoms with Crippen LogP contribution < -0.4 is 15.8 Å². The number of thiazole rings is 1. The minimum Gasteiger partial charge on any atom is -0.496 e. The highest BCUT2D eigenvalue weighted by Crippen LogP contribution is 2.21. The summed E-state index contributed by atoms with van der Waals surface area (Å²) < 4.78 is 5.31. The smallest absolute Gasteiger partial charge is 0.125 e. The van der Waals surface area contributed by atoms with Crippen molar-refractivity contribution in [2.45, 2.75) is 19.9 Å². The van der Waals surface area contributed by atoms with Gasteiger partial charge >= 0.3 is 0 Å². The summed E-state index contributed by atoms with van der Waals surface area (Å²) in [5.74, 6) is 0.831. The van der Waals surface area contributed by atoms with Crippen molar-refractivity contribution in [2.75, 3.05) is 19.4 Å². The molecule has 0 radical (unpaired) electrons. The standard InChI is InChI=1S/C14H19N3OS/c1-10-9-19-14(17-10)5-6-16-8-11-3-4-12(15)7-13(11)18-2/h3-4,7,9,16H,5-6,8,15H2,1-2H3. The van der Waals surface area contributed by atoms with Crippen LogP contribution in [0.3, 0.4) is 0 Å². The molecule has 0 saturated carbocycles. The van der Waals surface area contributed by atoms with Crippen LogP contribution in [-0.4, -0.2) is 18.6 Å². The zero-order chi connectivity index (χ0) is 13.7. The molecule has 2 aromatic rings. The molecule has 19 heavy (non-hydrogen) atoms. The van der Waals surface area contributed by atoms with Gasteiger partial charge in [-0.25, -0.2) is 4.98 Å². The van der Waals surface area contributed by atoms with Crippen molar-refractivity contribution in [3.05, 3.63) is 39.8 Å². The maximum absolute atomic E-state index is 5.73. The van der Waals surface area contributed by atoms with E-state index in [0.29, 0.717) is 0 Å². The molecule has 2 rings (SSSR count). The molecule has 102 valence electrons. The molecule has 0 amide bonds. The fourth-order valence-electron chi connectivity index (χ4n) is 1.84. The van der Waals surface area contributed by atoms with Crippen LogP contribution in [0.1, 0.15) is 16.3 Å². The predicted molar refractivity (Wildman–Crippen MR) is 79.7 cm³/mol. The molecule has 3 N–H and O–H groups in total. The second-order valence-corrected chi connectivity index (χ2v) is 5.32. The third kappa shape index (κ3) is 3.94. The summed E-state index contributed by atoms with van der Waals surface area (Å²) in [6.45, 7) is 3.70. The zero-order valence-corrected chi connectivity index (χ0v) is 12.1. The number of hydrogen-bond acceptors (Lipinski definition) is 5. The van der Waals surface area contributed by atoms with E-state index in [1.54, 1.807) is 18.4 Å². The molecule has 0 bridgehead atoms. The molecule has 5 heteroatoms. The first-order valence-electron chi connectivity index (χ1n) is 6.23. The summed E-state index contributed by atoms with van der Waals surface area (Å²) in [6.07, 6.45) is 0.954. The summed E-state index contributed by atoms with van der Waals surface area (Å²) in [6, 6.07) is 5.74. The van der Waals surface area contributed by atoms with Gasteiger partial charge < -0.3 is 15.8 Å². The van der Waals surface area contributed by atoms with Crippen molar-refractivity contribution in [2.24, 2.45) is 0 Å². The van der Waals surface area contributed by atoms with Gasteiger partial charge in [0.2, 0.25) is 0 Å². The Labute approximate surface area is 117 Å². The van der Waals surface area contributed by atoms with Crippen LogP contribution in [0, 0.1) is 6.92 Å². The maximum Gasteiger partial charge on any atom is 0.125 e. The van der Waals surface area contributed by atoms with Crippen molar-refractivity contribution in [1.82, 2.24) is 10.3 Å². The van der Waals surface area contributed by atoms with Crippen LogP contribution in [0.25, 0.3) is 0 Å². The minimum absolute atomic E-state index is 0.721. The van der Waals surface area contributed by atoms with Crippen LogP contribution in [-0.2, 0) is 13.0 Å². The van der Waals surface area contributed by atoms with Gasteiger partial charge in [-0.05, 0) is 13.0 Å². The van der Waals surface area contributed by atoms with Crippen molar-refractivity contribution in [3.8, 4) is 5.75 Å². The van der Waals surface area contributed by atoms with Gasteiger partial charge in [-0.1, -0.05) is 6.07 Å². The molecule has 1 aromatic carbocycles. The van der Waals surface area contributed by atoms with E-state index in [4.69, 9.17) is 10.5 Å². The number of nitrogens with one attached hydrogen (secondary N) is 1. The molecule has 0 unspecified atom stereocenters. The molecule has 0 fully saturated rings. The summed E-state index contributed by atoms with van der Waals surface area (Å²) in [5.41, 5.74) is 8.67. The summed E-state index contributed by atoms with van der Waals surface area (Å²) in [4.78, 5) is 4.44. The summed E-state index contributed by atoms with van der Waals surface area (Å²) in [7, 11) is 1.66. The number of hydrogen-bond donors (Lipinski definition) is 2. The van der Waals surface area contributed by atoms with Gasteiger partial charge in [-0.3, -0.25) is 0 Å². The number of aromatic nitrogens is 1. The van der Waals surface area contributed by atoms with Gasteiger partial charge in [0.1, 0.15) is 5.75 Å². The Kier molecular flexibility index (Phi) is 4.76. The van der Waals surface area contributed by atoms with Gasteiger partial charge in [-0.2, -0.15) is 0 Å². The lowest BCUT2D eigenvalue weighted by Crippen LogP contribution is -2.17. The number of nitrogen functional groups attached to an aromatic ring is 1. The second kappa shape index (κ2) is 6.54. The molecular weight excluding hydrogens is 258 g/mol. The lowest BCUT2D eigenvalue weighted by Gasteiger charge is -2.10. The average molecular weight is 277 g/mol. The fraction of sp³-hybridized carbons (Fsp3) is 0.357. The molecule has 0 saturated heterocycles. The molecule has 0 spiro atoms. The van der Waals surface area contributed by atoms with E-state index in [0.717, 1.165) is 42.2 Å². The van der Waals surface area contributed by atoms with Gasteiger partial charge in [0.15, 0.2) is 0 Å². The van der Waals surface area contributed by atoms with E-state index in [9.17, 15) is 0 Å². The van der Waals surface area contributed by atoms with Gasteiger partial charge in [0.25, 0.3) is 0 Å². The van der Waals surface area contributed by atoms with Crippen molar-refractivity contribution in [3.63, 3.8) is 0 Å². The highest BCUT2D eigenvalue weighted by Gasteiger charge is 2.03. The van der Waals surface area contributed by atoms with Crippen LogP contribution in [0.5, 0.6) is 5.75 Å². The minimum atomic E-state index is 0.721. The topological polar surface area (TPSA) is 60.2 Å². The van der Waals surface area contributed by atoms with Crippen LogP contribution in [0.2, 0.25) is 0 Å². The van der Waals surface area contributed by atoms with Gasteiger partial charge in [0.05, 0.1) is 12.1 Å². The quantitative estimate of drug-likeness (QED) is 0.628. The van der Waals surface area contributed by atoms with Crippen LogP contribution >= 0.6 is 11.3 Å². The Hall–Kier alpha value is -1.59. The normalized spacial score (nSPS) is 10.6. The Bertz CT molecular complexity index is 539. The first-order valence-corrected chi connectivity index (χ1v) is 7.11. The predicted octanol–water partition coefficient (Wildman–Crippen LogP) is 2.37. The van der Waals surface area contributed by atoms with Gasteiger partial charge in [-0.15, -0.1) is 11.3 Å². The molecule has 0 atom stereocenters.